The molecule has 0 aliphatic carbocycles. The second kappa shape index (κ2) is 7.12. The molecular formula is C21H27FN2O3. The van der Waals surface area contributed by atoms with Crippen LogP contribution >= 0.6 is 0 Å². The highest BCUT2D eigenvalue weighted by molar-refractivity contribution is 5.69. The first-order chi connectivity index (χ1) is 12.6. The highest BCUT2D eigenvalue weighted by Crippen LogP contribution is 2.45. The number of halogens is 1. The van der Waals surface area contributed by atoms with E-state index in [0.717, 1.165) is 19.3 Å². The monoisotopic (exact) mass is 374 g/mol. The molecule has 1 amide bonds. The van der Waals surface area contributed by atoms with Crippen LogP contribution < -0.4 is 0 Å². The van der Waals surface area contributed by atoms with Crippen LogP contribution in [0.25, 0.3) is 0 Å². The molecule has 1 aromatic rings. The lowest BCUT2D eigenvalue weighted by molar-refractivity contribution is -0.0969. The van der Waals surface area contributed by atoms with Gasteiger partial charge in [-0.15, -0.1) is 0 Å². The standard InChI is InChI=1S/C21H27FN2O3/c1-20(2,3)27-19(25)24-16-5-4-6-17(24)13-21(26,12-16)18-11-15(22)8-7-14(18)9-10-23/h7-8,11,16-17,26H,4-6,9,12-13H2,1-3H3. The Balaban J connectivity index is 1.91. The van der Waals surface area contributed by atoms with Gasteiger partial charge in [-0.2, -0.15) is 5.26 Å². The Bertz CT molecular complexity index is 752. The van der Waals surface area contributed by atoms with Gasteiger partial charge in [0, 0.05) is 24.9 Å². The van der Waals surface area contributed by atoms with Crippen LogP contribution in [0, 0.1) is 17.1 Å². The second-order valence-corrected chi connectivity index (χ2v) is 8.70. The van der Waals surface area contributed by atoms with Gasteiger partial charge in [0.05, 0.1) is 18.1 Å². The van der Waals surface area contributed by atoms with Crippen molar-refractivity contribution in [2.24, 2.45) is 0 Å². The Labute approximate surface area is 159 Å². The predicted molar refractivity (Wildman–Crippen MR) is 98.3 cm³/mol. The molecule has 2 heterocycles. The molecule has 2 unspecified atom stereocenters. The summed E-state index contributed by atoms with van der Waals surface area (Å²) < 4.78 is 19.5. The van der Waals surface area contributed by atoms with E-state index in [1.165, 1.54) is 12.1 Å². The third kappa shape index (κ3) is 4.08. The average molecular weight is 374 g/mol. The summed E-state index contributed by atoms with van der Waals surface area (Å²) in [6.45, 7) is 5.51. The molecule has 3 rings (SSSR count). The Morgan fingerprint density at radius 1 is 1.37 bits per heavy atom. The van der Waals surface area contributed by atoms with Crippen LogP contribution in [0.1, 0.15) is 64.0 Å². The smallest absolute Gasteiger partial charge is 0.410 e. The van der Waals surface area contributed by atoms with Crippen molar-refractivity contribution in [3.8, 4) is 6.07 Å². The Hall–Kier alpha value is -2.13. The number of ether oxygens (including phenoxy) is 1. The SMILES string of the molecule is CC(C)(C)OC(=O)N1C2CCCC1CC(O)(c1cc(F)ccc1CC#N)C2. The van der Waals surface area contributed by atoms with Gasteiger partial charge in [-0.3, -0.25) is 0 Å². The summed E-state index contributed by atoms with van der Waals surface area (Å²) in [6.07, 6.45) is 2.95. The third-order valence-corrected chi connectivity index (χ3v) is 5.46. The van der Waals surface area contributed by atoms with Gasteiger partial charge in [-0.05, 0) is 63.3 Å². The number of aliphatic hydroxyl groups is 1. The number of nitriles is 1. The molecule has 2 fully saturated rings. The van der Waals surface area contributed by atoms with E-state index in [0.29, 0.717) is 24.0 Å². The molecule has 1 N–H and O–H groups in total. The first-order valence-electron chi connectivity index (χ1n) is 9.52. The maximum atomic E-state index is 13.9. The number of benzene rings is 1. The lowest BCUT2D eigenvalue weighted by atomic mass is 9.71. The zero-order valence-corrected chi connectivity index (χ0v) is 16.2. The zero-order valence-electron chi connectivity index (χ0n) is 16.2. The van der Waals surface area contributed by atoms with Crippen molar-refractivity contribution < 1.29 is 19.0 Å². The highest BCUT2D eigenvalue weighted by Gasteiger charge is 2.49. The molecule has 2 bridgehead atoms. The Morgan fingerprint density at radius 2 is 2.00 bits per heavy atom. The van der Waals surface area contributed by atoms with Crippen molar-refractivity contribution in [2.45, 2.75) is 82.6 Å². The zero-order chi connectivity index (χ0) is 19.8. The van der Waals surface area contributed by atoms with Crippen molar-refractivity contribution >= 4 is 6.09 Å². The van der Waals surface area contributed by atoms with E-state index >= 15 is 0 Å². The first kappa shape index (κ1) is 19.6. The third-order valence-electron chi connectivity index (χ3n) is 5.46. The van der Waals surface area contributed by atoms with Gasteiger partial charge in [-0.25, -0.2) is 9.18 Å². The average Bonchev–Trinajstić information content (AvgIpc) is 2.54. The summed E-state index contributed by atoms with van der Waals surface area (Å²) in [5, 5.41) is 20.5. The van der Waals surface area contributed by atoms with Crippen LogP contribution in [0.5, 0.6) is 0 Å². The number of hydrogen-bond acceptors (Lipinski definition) is 4. The van der Waals surface area contributed by atoms with Crippen molar-refractivity contribution in [3.63, 3.8) is 0 Å². The van der Waals surface area contributed by atoms with Crippen molar-refractivity contribution in [1.82, 2.24) is 4.90 Å². The number of hydrogen-bond donors (Lipinski definition) is 1. The van der Waals surface area contributed by atoms with E-state index in [-0.39, 0.29) is 24.6 Å². The van der Waals surface area contributed by atoms with Gasteiger partial charge in [0.1, 0.15) is 11.4 Å². The molecule has 27 heavy (non-hydrogen) atoms. The van der Waals surface area contributed by atoms with E-state index in [4.69, 9.17) is 10.00 Å². The molecule has 0 saturated carbocycles. The number of nitrogens with zero attached hydrogens (tertiary/aromatic N) is 2. The van der Waals surface area contributed by atoms with Crippen LogP contribution in [0.2, 0.25) is 0 Å². The molecule has 2 saturated heterocycles. The van der Waals surface area contributed by atoms with E-state index in [1.54, 1.807) is 11.0 Å². The van der Waals surface area contributed by atoms with Gasteiger partial charge in [0.25, 0.3) is 0 Å². The van der Waals surface area contributed by atoms with E-state index < -0.39 is 17.0 Å². The molecule has 146 valence electrons. The van der Waals surface area contributed by atoms with Gasteiger partial charge in [0.15, 0.2) is 0 Å². The summed E-state index contributed by atoms with van der Waals surface area (Å²) in [4.78, 5) is 14.5. The fourth-order valence-corrected chi connectivity index (χ4v) is 4.48. The first-order valence-corrected chi connectivity index (χ1v) is 9.52. The molecule has 2 atom stereocenters. The minimum atomic E-state index is -1.25. The summed E-state index contributed by atoms with van der Waals surface area (Å²) in [7, 11) is 0. The minimum absolute atomic E-state index is 0.114. The van der Waals surface area contributed by atoms with E-state index in [9.17, 15) is 14.3 Å². The second-order valence-electron chi connectivity index (χ2n) is 8.70. The van der Waals surface area contributed by atoms with Gasteiger partial charge < -0.3 is 14.7 Å². The van der Waals surface area contributed by atoms with Crippen LogP contribution in [0.15, 0.2) is 18.2 Å². The van der Waals surface area contributed by atoms with E-state index in [2.05, 4.69) is 6.07 Å². The number of fused-ring (bicyclic) bond motifs is 2. The molecule has 2 aliphatic rings. The van der Waals surface area contributed by atoms with Gasteiger partial charge in [-0.1, -0.05) is 6.07 Å². The summed E-state index contributed by atoms with van der Waals surface area (Å²) in [5.74, 6) is -0.431. The molecule has 1 aromatic carbocycles. The molecule has 6 heteroatoms. The lowest BCUT2D eigenvalue weighted by Gasteiger charge is -2.52. The van der Waals surface area contributed by atoms with Crippen molar-refractivity contribution in [1.29, 1.82) is 5.26 Å². The fraction of sp³-hybridized carbons (Fsp3) is 0.619. The number of carbonyl (C=O) groups is 1. The van der Waals surface area contributed by atoms with Gasteiger partial charge >= 0.3 is 6.09 Å². The largest absolute Gasteiger partial charge is 0.444 e. The molecular weight excluding hydrogens is 347 g/mol. The fourth-order valence-electron chi connectivity index (χ4n) is 4.48. The minimum Gasteiger partial charge on any atom is -0.444 e. The number of carbonyl (C=O) groups excluding carboxylic acids is 1. The Kier molecular flexibility index (Phi) is 5.18. The summed E-state index contributed by atoms with van der Waals surface area (Å²) >= 11 is 0. The molecule has 0 radical (unpaired) electrons. The molecule has 2 aliphatic heterocycles. The van der Waals surface area contributed by atoms with Crippen molar-refractivity contribution in [3.05, 3.63) is 35.1 Å². The van der Waals surface area contributed by atoms with Crippen LogP contribution in [-0.2, 0) is 16.8 Å². The lowest BCUT2D eigenvalue weighted by Crippen LogP contribution is -2.59. The maximum absolute atomic E-state index is 13.9. The number of amides is 1. The topological polar surface area (TPSA) is 73.6 Å². The maximum Gasteiger partial charge on any atom is 0.410 e. The molecule has 0 spiro atoms. The van der Waals surface area contributed by atoms with Crippen molar-refractivity contribution in [2.75, 3.05) is 0 Å². The quantitative estimate of drug-likeness (QED) is 0.848. The van der Waals surface area contributed by atoms with Crippen LogP contribution in [-0.4, -0.2) is 33.8 Å². The predicted octanol–water partition coefficient (Wildman–Crippen LogP) is 4.03. The molecule has 5 nitrogen and oxygen atoms in total. The summed E-state index contributed by atoms with van der Waals surface area (Å²) in [5.41, 5.74) is -0.709. The number of rotatable bonds is 2. The summed E-state index contributed by atoms with van der Waals surface area (Å²) in [6, 6.07) is 6.00. The molecule has 0 aromatic heterocycles. The van der Waals surface area contributed by atoms with Gasteiger partial charge in [0.2, 0.25) is 0 Å². The normalized spacial score (nSPS) is 27.8. The Morgan fingerprint density at radius 3 is 2.56 bits per heavy atom. The van der Waals surface area contributed by atoms with E-state index in [1.807, 2.05) is 20.8 Å². The van der Waals surface area contributed by atoms with Crippen LogP contribution in [0.4, 0.5) is 9.18 Å². The van der Waals surface area contributed by atoms with Crippen LogP contribution in [0.3, 0.4) is 0 Å². The number of piperidine rings is 2. The highest BCUT2D eigenvalue weighted by atomic mass is 19.1.